The molecule has 4 nitrogen and oxygen atoms in total. The number of amides is 1. The van der Waals surface area contributed by atoms with Crippen molar-refractivity contribution in [1.29, 1.82) is 0 Å². The van der Waals surface area contributed by atoms with E-state index in [1.54, 1.807) is 4.90 Å². The molecule has 0 spiro atoms. The molecule has 2 rings (SSSR count). The van der Waals surface area contributed by atoms with Gasteiger partial charge in [-0.05, 0) is 30.7 Å². The third-order valence-corrected chi connectivity index (χ3v) is 3.25. The van der Waals surface area contributed by atoms with E-state index in [1.807, 2.05) is 24.3 Å². The van der Waals surface area contributed by atoms with Gasteiger partial charge in [-0.15, -0.1) is 0 Å². The third kappa shape index (κ3) is 3.06. The van der Waals surface area contributed by atoms with Crippen LogP contribution in [0.5, 0.6) is 0 Å². The van der Waals surface area contributed by atoms with Crippen LogP contribution in [-0.2, 0) is 9.53 Å². The van der Waals surface area contributed by atoms with Gasteiger partial charge in [0.15, 0.2) is 0 Å². The quantitative estimate of drug-likeness (QED) is 0.921. The predicted molar refractivity (Wildman–Crippen MR) is 67.9 cm³/mol. The van der Waals surface area contributed by atoms with Gasteiger partial charge >= 0.3 is 0 Å². The lowest BCUT2D eigenvalue weighted by atomic mass is 10.2. The number of benzene rings is 1. The molecule has 0 aliphatic carbocycles. The summed E-state index contributed by atoms with van der Waals surface area (Å²) in [5.41, 5.74) is 0.865. The molecular formula is C12H14BrNO3. The van der Waals surface area contributed by atoms with E-state index < -0.39 is 0 Å². The van der Waals surface area contributed by atoms with Crippen molar-refractivity contribution in [3.63, 3.8) is 0 Å². The number of hydrogen-bond acceptors (Lipinski definition) is 3. The largest absolute Gasteiger partial charge is 0.396 e. The summed E-state index contributed by atoms with van der Waals surface area (Å²) in [5, 5.41) is 8.89. The topological polar surface area (TPSA) is 49.8 Å². The van der Waals surface area contributed by atoms with E-state index >= 15 is 0 Å². The zero-order valence-corrected chi connectivity index (χ0v) is 10.9. The number of nitrogens with zero attached hydrogens (tertiary/aromatic N) is 1. The molecule has 1 aromatic carbocycles. The Morgan fingerprint density at radius 3 is 2.76 bits per heavy atom. The minimum atomic E-state index is -0.0821. The summed E-state index contributed by atoms with van der Waals surface area (Å²) in [4.78, 5) is 13.5. The van der Waals surface area contributed by atoms with E-state index in [2.05, 4.69) is 15.9 Å². The van der Waals surface area contributed by atoms with Gasteiger partial charge in [0.05, 0.1) is 12.6 Å². The Bertz CT molecular complexity index is 393. The highest BCUT2D eigenvalue weighted by atomic mass is 79.9. The lowest BCUT2D eigenvalue weighted by Crippen LogP contribution is -2.47. The number of morpholine rings is 1. The molecule has 1 aromatic rings. The minimum Gasteiger partial charge on any atom is -0.396 e. The van der Waals surface area contributed by atoms with Gasteiger partial charge in [-0.25, -0.2) is 0 Å². The first-order chi connectivity index (χ1) is 8.20. The molecule has 1 amide bonds. The molecule has 0 saturated carbocycles. The number of halogens is 1. The normalized spacial score (nSPS) is 20.7. The van der Waals surface area contributed by atoms with Gasteiger partial charge in [0.1, 0.15) is 6.61 Å². The Morgan fingerprint density at radius 2 is 2.12 bits per heavy atom. The molecule has 1 N–H and O–H groups in total. The van der Waals surface area contributed by atoms with Crippen LogP contribution in [0.4, 0.5) is 5.69 Å². The molecule has 1 unspecified atom stereocenters. The molecule has 1 atom stereocenters. The summed E-state index contributed by atoms with van der Waals surface area (Å²) in [7, 11) is 0. The molecule has 1 fully saturated rings. The fourth-order valence-corrected chi connectivity index (χ4v) is 2.08. The molecule has 92 valence electrons. The number of rotatable bonds is 3. The van der Waals surface area contributed by atoms with Crippen molar-refractivity contribution in [1.82, 2.24) is 0 Å². The Labute approximate surface area is 108 Å². The van der Waals surface area contributed by atoms with E-state index in [4.69, 9.17) is 9.84 Å². The lowest BCUT2D eigenvalue weighted by Gasteiger charge is -2.32. The Kier molecular flexibility index (Phi) is 4.15. The molecule has 17 heavy (non-hydrogen) atoms. The summed E-state index contributed by atoms with van der Waals surface area (Å²) in [5.74, 6) is -0.0403. The van der Waals surface area contributed by atoms with Crippen LogP contribution < -0.4 is 4.90 Å². The first-order valence-corrected chi connectivity index (χ1v) is 6.28. The highest BCUT2D eigenvalue weighted by molar-refractivity contribution is 9.10. The average molecular weight is 300 g/mol. The van der Waals surface area contributed by atoms with Crippen LogP contribution in [0, 0.1) is 0 Å². The summed E-state index contributed by atoms with van der Waals surface area (Å²) in [6.07, 6.45) is 0.474. The fraction of sp³-hybridized carbons (Fsp3) is 0.417. The zero-order valence-electron chi connectivity index (χ0n) is 9.30. The van der Waals surface area contributed by atoms with Crippen molar-refractivity contribution < 1.29 is 14.6 Å². The van der Waals surface area contributed by atoms with Gasteiger partial charge in [-0.1, -0.05) is 15.9 Å². The van der Waals surface area contributed by atoms with E-state index in [-0.39, 0.29) is 25.2 Å². The zero-order chi connectivity index (χ0) is 12.3. The Balaban J connectivity index is 2.12. The van der Waals surface area contributed by atoms with Crippen LogP contribution in [0.3, 0.4) is 0 Å². The summed E-state index contributed by atoms with van der Waals surface area (Å²) >= 11 is 3.36. The van der Waals surface area contributed by atoms with Crippen LogP contribution in [0.2, 0.25) is 0 Å². The summed E-state index contributed by atoms with van der Waals surface area (Å²) < 4.78 is 6.33. The van der Waals surface area contributed by atoms with Gasteiger partial charge in [0, 0.05) is 16.8 Å². The van der Waals surface area contributed by atoms with Crippen LogP contribution in [0.1, 0.15) is 6.42 Å². The number of ether oxygens (including phenoxy) is 1. The second kappa shape index (κ2) is 5.62. The summed E-state index contributed by atoms with van der Waals surface area (Å²) in [6.45, 7) is 0.661. The average Bonchev–Trinajstić information content (AvgIpc) is 2.33. The maximum Gasteiger partial charge on any atom is 0.253 e. The molecular weight excluding hydrogens is 286 g/mol. The van der Waals surface area contributed by atoms with Gasteiger partial charge in [-0.2, -0.15) is 0 Å². The SMILES string of the molecule is O=C1COC(CCO)CN1c1ccc(Br)cc1. The van der Waals surface area contributed by atoms with Gasteiger partial charge in [-0.3, -0.25) is 4.79 Å². The highest BCUT2D eigenvalue weighted by Gasteiger charge is 2.26. The minimum absolute atomic E-state index is 0.0403. The Morgan fingerprint density at radius 1 is 1.41 bits per heavy atom. The van der Waals surface area contributed by atoms with Crippen molar-refractivity contribution >= 4 is 27.5 Å². The van der Waals surface area contributed by atoms with Crippen LogP contribution in [0.15, 0.2) is 28.7 Å². The molecule has 1 aliphatic heterocycles. The number of carbonyl (C=O) groups excluding carboxylic acids is 1. The second-order valence-corrected chi connectivity index (χ2v) is 4.84. The number of aliphatic hydroxyl groups is 1. The van der Waals surface area contributed by atoms with E-state index in [0.29, 0.717) is 13.0 Å². The van der Waals surface area contributed by atoms with Crippen LogP contribution >= 0.6 is 15.9 Å². The fourth-order valence-electron chi connectivity index (χ4n) is 1.81. The number of carbonyl (C=O) groups is 1. The van der Waals surface area contributed by atoms with Crippen LogP contribution in [-0.4, -0.2) is 36.9 Å². The number of anilines is 1. The Hall–Kier alpha value is -0.910. The molecule has 0 radical (unpaired) electrons. The molecule has 0 bridgehead atoms. The van der Waals surface area contributed by atoms with Crippen molar-refractivity contribution in [2.45, 2.75) is 12.5 Å². The van der Waals surface area contributed by atoms with Gasteiger partial charge in [0.2, 0.25) is 0 Å². The van der Waals surface area contributed by atoms with Crippen molar-refractivity contribution in [2.24, 2.45) is 0 Å². The number of hydrogen-bond donors (Lipinski definition) is 1. The first kappa shape index (κ1) is 12.5. The van der Waals surface area contributed by atoms with Crippen LogP contribution in [0.25, 0.3) is 0 Å². The van der Waals surface area contributed by atoms with Crippen molar-refractivity contribution in [3.05, 3.63) is 28.7 Å². The van der Waals surface area contributed by atoms with E-state index in [0.717, 1.165) is 10.2 Å². The second-order valence-electron chi connectivity index (χ2n) is 3.93. The first-order valence-electron chi connectivity index (χ1n) is 5.49. The smallest absolute Gasteiger partial charge is 0.253 e. The maximum atomic E-state index is 11.8. The lowest BCUT2D eigenvalue weighted by molar-refractivity contribution is -0.129. The van der Waals surface area contributed by atoms with E-state index in [9.17, 15) is 4.79 Å². The molecule has 5 heteroatoms. The molecule has 0 aromatic heterocycles. The van der Waals surface area contributed by atoms with Gasteiger partial charge in [0.25, 0.3) is 5.91 Å². The van der Waals surface area contributed by atoms with Crippen molar-refractivity contribution in [2.75, 3.05) is 24.7 Å². The third-order valence-electron chi connectivity index (χ3n) is 2.72. The predicted octanol–water partition coefficient (Wildman–Crippen LogP) is 1.56. The standard InChI is InChI=1S/C12H14BrNO3/c13-9-1-3-10(4-2-9)14-7-11(5-6-15)17-8-12(14)16/h1-4,11,15H,5-8H2. The van der Waals surface area contributed by atoms with Crippen molar-refractivity contribution in [3.8, 4) is 0 Å². The number of aliphatic hydroxyl groups excluding tert-OH is 1. The molecule has 1 aliphatic rings. The monoisotopic (exact) mass is 299 g/mol. The molecule has 1 saturated heterocycles. The maximum absolute atomic E-state index is 11.8. The highest BCUT2D eigenvalue weighted by Crippen LogP contribution is 2.21. The molecule has 1 heterocycles. The van der Waals surface area contributed by atoms with E-state index in [1.165, 1.54) is 0 Å². The van der Waals surface area contributed by atoms with Gasteiger partial charge < -0.3 is 14.7 Å². The summed E-state index contributed by atoms with van der Waals surface area (Å²) in [6, 6.07) is 7.59.